The number of anilines is 3. The van der Waals surface area contributed by atoms with E-state index in [9.17, 15) is 0 Å². The van der Waals surface area contributed by atoms with Crippen LogP contribution in [-0.4, -0.2) is 0 Å². The highest BCUT2D eigenvalue weighted by molar-refractivity contribution is 5.90. The molecule has 0 aliphatic heterocycles. The Kier molecular flexibility index (Phi) is 14.3. The second-order valence-corrected chi connectivity index (χ2v) is 12.8. The van der Waals surface area contributed by atoms with E-state index in [0.717, 1.165) is 17.1 Å². The molecule has 1 heteroatoms. The van der Waals surface area contributed by atoms with Crippen LogP contribution in [0.3, 0.4) is 0 Å². The molecule has 0 N–H and O–H groups in total. The van der Waals surface area contributed by atoms with Gasteiger partial charge in [0.15, 0.2) is 0 Å². The summed E-state index contributed by atoms with van der Waals surface area (Å²) in [5.41, 5.74) is 13.4. The summed E-state index contributed by atoms with van der Waals surface area (Å²) in [6.45, 7) is 13.5. The maximum atomic E-state index is 3.36. The minimum absolute atomic E-state index is 1.13. The second kappa shape index (κ2) is 20.0. The van der Waals surface area contributed by atoms with Gasteiger partial charge in [-0.1, -0.05) is 195 Å². The molecule has 0 heterocycles. The minimum Gasteiger partial charge on any atom is -0.310 e. The largest absolute Gasteiger partial charge is 0.310 e. The third-order valence-corrected chi connectivity index (χ3v) is 8.84. The normalized spacial score (nSPS) is 10.0. The van der Waals surface area contributed by atoms with Crippen molar-refractivity contribution in [3.05, 3.63) is 224 Å². The topological polar surface area (TPSA) is 3.24 Å². The molecule has 0 fully saturated rings. The van der Waals surface area contributed by atoms with Crippen LogP contribution in [-0.2, 0) is 0 Å². The summed E-state index contributed by atoms with van der Waals surface area (Å²) >= 11 is 0. The SMILES string of the molecule is C=CC.CC.Cc1ccc(-c2ccc(N(c3cccc(-c4ccccc4)c3)c3ccc4ccccc4c3)cc2)cc1.Cc1cccc(-c2ccccc2)c1. The second-order valence-electron chi connectivity index (χ2n) is 12.8. The highest BCUT2D eigenvalue weighted by atomic mass is 15.1. The molecule has 268 valence electrons. The molecule has 0 spiro atoms. The lowest BCUT2D eigenvalue weighted by atomic mass is 10.0. The third-order valence-electron chi connectivity index (χ3n) is 8.84. The molecular formula is C53H51N. The summed E-state index contributed by atoms with van der Waals surface area (Å²) < 4.78 is 0. The van der Waals surface area contributed by atoms with Gasteiger partial charge in [0, 0.05) is 17.1 Å². The van der Waals surface area contributed by atoms with Gasteiger partial charge >= 0.3 is 0 Å². The van der Waals surface area contributed by atoms with Crippen LogP contribution in [0.5, 0.6) is 0 Å². The molecule has 1 nitrogen and oxygen atoms in total. The maximum Gasteiger partial charge on any atom is 0.0468 e. The Labute approximate surface area is 323 Å². The molecule has 8 rings (SSSR count). The van der Waals surface area contributed by atoms with Crippen LogP contribution < -0.4 is 4.90 Å². The minimum atomic E-state index is 1.13. The van der Waals surface area contributed by atoms with E-state index in [-0.39, 0.29) is 0 Å². The maximum absolute atomic E-state index is 3.36. The number of aryl methyl sites for hydroxylation is 2. The van der Waals surface area contributed by atoms with Crippen molar-refractivity contribution in [1.82, 2.24) is 0 Å². The van der Waals surface area contributed by atoms with Gasteiger partial charge in [0.1, 0.15) is 0 Å². The highest BCUT2D eigenvalue weighted by Gasteiger charge is 2.14. The smallest absolute Gasteiger partial charge is 0.0468 e. The molecule has 8 aromatic rings. The fourth-order valence-electron chi connectivity index (χ4n) is 6.22. The molecule has 0 bridgehead atoms. The van der Waals surface area contributed by atoms with Crippen LogP contribution in [0, 0.1) is 13.8 Å². The standard InChI is InChI=1S/C35H27N.C13H12.C3H6.C2H6/c1-26-14-16-29(17-15-26)30-18-21-33(22-19-30)36(35-23-20-28-10-5-6-11-31(28)25-35)34-13-7-12-32(24-34)27-8-3-2-4-9-27;1-11-6-5-9-13(10-11)12-7-3-2-4-8-12;1-3-2;1-2/h2-25H,1H3;2-10H,1H3;3H,1H2,2H3;1-2H3. The van der Waals surface area contributed by atoms with Crippen molar-refractivity contribution >= 4 is 27.8 Å². The van der Waals surface area contributed by atoms with E-state index < -0.39 is 0 Å². The number of rotatable bonds is 6. The van der Waals surface area contributed by atoms with Crippen molar-refractivity contribution in [2.45, 2.75) is 34.6 Å². The van der Waals surface area contributed by atoms with E-state index in [2.05, 4.69) is 219 Å². The van der Waals surface area contributed by atoms with Gasteiger partial charge in [0.2, 0.25) is 0 Å². The van der Waals surface area contributed by atoms with Crippen molar-refractivity contribution in [2.75, 3.05) is 4.90 Å². The molecule has 54 heavy (non-hydrogen) atoms. The van der Waals surface area contributed by atoms with E-state index in [0.29, 0.717) is 0 Å². The predicted molar refractivity (Wildman–Crippen MR) is 238 cm³/mol. The Morgan fingerprint density at radius 1 is 0.352 bits per heavy atom. The Balaban J connectivity index is 0.000000259. The average Bonchev–Trinajstić information content (AvgIpc) is 3.23. The van der Waals surface area contributed by atoms with Gasteiger partial charge in [-0.05, 0) is 101 Å². The van der Waals surface area contributed by atoms with Gasteiger partial charge in [0.25, 0.3) is 0 Å². The predicted octanol–water partition coefficient (Wildman–Crippen LogP) is 15.8. The quantitative estimate of drug-likeness (QED) is 0.156. The molecule has 0 radical (unpaired) electrons. The molecule has 0 unspecified atom stereocenters. The van der Waals surface area contributed by atoms with Gasteiger partial charge in [-0.3, -0.25) is 0 Å². The molecule has 0 aliphatic rings. The van der Waals surface area contributed by atoms with E-state index in [4.69, 9.17) is 0 Å². The first kappa shape index (κ1) is 38.8. The zero-order chi connectivity index (χ0) is 38.1. The molecule has 8 aromatic carbocycles. The van der Waals surface area contributed by atoms with Crippen molar-refractivity contribution < 1.29 is 0 Å². The number of benzene rings is 8. The van der Waals surface area contributed by atoms with E-state index >= 15 is 0 Å². The number of fused-ring (bicyclic) bond motifs is 1. The van der Waals surface area contributed by atoms with Crippen molar-refractivity contribution in [3.8, 4) is 33.4 Å². The first-order valence-electron chi connectivity index (χ1n) is 18.8. The average molecular weight is 702 g/mol. The number of allylic oxidation sites excluding steroid dienone is 1. The van der Waals surface area contributed by atoms with Gasteiger partial charge in [-0.25, -0.2) is 0 Å². The summed E-state index contributed by atoms with van der Waals surface area (Å²) in [6.07, 6.45) is 1.75. The lowest BCUT2D eigenvalue weighted by Crippen LogP contribution is -2.10. The third kappa shape index (κ3) is 10.3. The Morgan fingerprint density at radius 3 is 1.35 bits per heavy atom. The fraction of sp³-hybridized carbons (Fsp3) is 0.0943. The number of hydrogen-bond donors (Lipinski definition) is 0. The highest BCUT2D eigenvalue weighted by Crippen LogP contribution is 2.38. The van der Waals surface area contributed by atoms with Crippen molar-refractivity contribution in [2.24, 2.45) is 0 Å². The summed E-state index contributed by atoms with van der Waals surface area (Å²) in [6, 6.07) is 71.2. The van der Waals surface area contributed by atoms with Crippen LogP contribution >= 0.6 is 0 Å². The zero-order valence-electron chi connectivity index (χ0n) is 32.3. The van der Waals surface area contributed by atoms with Crippen LogP contribution in [0.15, 0.2) is 213 Å². The summed E-state index contributed by atoms with van der Waals surface area (Å²) in [5.74, 6) is 0. The summed E-state index contributed by atoms with van der Waals surface area (Å²) in [4.78, 5) is 2.35. The Hall–Kier alpha value is -6.44. The van der Waals surface area contributed by atoms with E-state index in [1.54, 1.807) is 6.08 Å². The number of hydrogen-bond acceptors (Lipinski definition) is 1. The molecule has 0 saturated heterocycles. The summed E-state index contributed by atoms with van der Waals surface area (Å²) in [5, 5.41) is 2.48. The first-order chi connectivity index (χ1) is 26.5. The van der Waals surface area contributed by atoms with Gasteiger partial charge < -0.3 is 4.90 Å². The molecule has 0 atom stereocenters. The molecule has 0 aliphatic carbocycles. The number of nitrogens with zero attached hydrogens (tertiary/aromatic N) is 1. The molecular weight excluding hydrogens is 651 g/mol. The monoisotopic (exact) mass is 701 g/mol. The Bertz CT molecular complexity index is 2320. The van der Waals surface area contributed by atoms with E-state index in [1.807, 2.05) is 26.8 Å². The van der Waals surface area contributed by atoms with E-state index in [1.165, 1.54) is 55.3 Å². The lowest BCUT2D eigenvalue weighted by Gasteiger charge is -2.26. The van der Waals surface area contributed by atoms with Crippen molar-refractivity contribution in [1.29, 1.82) is 0 Å². The zero-order valence-corrected chi connectivity index (χ0v) is 32.3. The van der Waals surface area contributed by atoms with Crippen LogP contribution in [0.25, 0.3) is 44.2 Å². The van der Waals surface area contributed by atoms with Crippen LogP contribution in [0.1, 0.15) is 31.9 Å². The first-order valence-corrected chi connectivity index (χ1v) is 18.8. The van der Waals surface area contributed by atoms with Crippen LogP contribution in [0.4, 0.5) is 17.1 Å². The van der Waals surface area contributed by atoms with Gasteiger partial charge in [0.05, 0.1) is 0 Å². The fourth-order valence-corrected chi connectivity index (χ4v) is 6.22. The van der Waals surface area contributed by atoms with Gasteiger partial charge in [-0.15, -0.1) is 6.58 Å². The molecule has 0 saturated carbocycles. The lowest BCUT2D eigenvalue weighted by molar-refractivity contribution is 1.29. The molecule has 0 aromatic heterocycles. The summed E-state index contributed by atoms with van der Waals surface area (Å²) in [7, 11) is 0. The molecule has 0 amide bonds. The van der Waals surface area contributed by atoms with Crippen molar-refractivity contribution in [3.63, 3.8) is 0 Å². The van der Waals surface area contributed by atoms with Crippen LogP contribution in [0.2, 0.25) is 0 Å². The van der Waals surface area contributed by atoms with Gasteiger partial charge in [-0.2, -0.15) is 0 Å². The Morgan fingerprint density at radius 2 is 0.778 bits per heavy atom.